The van der Waals surface area contributed by atoms with Crippen LogP contribution in [-0.2, 0) is 6.18 Å². The Morgan fingerprint density at radius 2 is 1.80 bits per heavy atom. The maximum Gasteiger partial charge on any atom is 0.416 e. The van der Waals surface area contributed by atoms with Gasteiger partial charge in [-0.25, -0.2) is 4.98 Å². The molecule has 0 spiro atoms. The molecule has 1 fully saturated rings. The second-order valence-electron chi connectivity index (χ2n) is 7.36. The Hall–Kier alpha value is -2.88. The molecule has 0 amide bonds. The van der Waals surface area contributed by atoms with Gasteiger partial charge in [0.05, 0.1) is 18.5 Å². The lowest BCUT2D eigenvalue weighted by Gasteiger charge is -2.23. The van der Waals surface area contributed by atoms with E-state index in [1.165, 1.54) is 18.6 Å². The molecule has 2 heterocycles. The third-order valence-corrected chi connectivity index (χ3v) is 5.26. The van der Waals surface area contributed by atoms with Crippen molar-refractivity contribution in [3.8, 4) is 0 Å². The molecule has 10 heteroatoms. The molecule has 2 aromatic heterocycles. The largest absolute Gasteiger partial charge is 0.416 e. The lowest BCUT2D eigenvalue weighted by atomic mass is 9.95. The van der Waals surface area contributed by atoms with E-state index in [9.17, 15) is 13.2 Å². The zero-order valence-electron chi connectivity index (χ0n) is 16.3. The number of nitrogens with zero attached hydrogens (tertiary/aromatic N) is 4. The van der Waals surface area contributed by atoms with E-state index in [-0.39, 0.29) is 12.6 Å². The molecule has 0 unspecified atom stereocenters. The molecule has 30 heavy (non-hydrogen) atoms. The molecule has 160 valence electrons. The maximum absolute atomic E-state index is 12.8. The van der Waals surface area contributed by atoms with Crippen molar-refractivity contribution in [2.24, 2.45) is 0 Å². The van der Waals surface area contributed by atoms with Gasteiger partial charge in [-0.05, 0) is 37.1 Å². The highest BCUT2D eigenvalue weighted by Gasteiger charge is 2.30. The lowest BCUT2D eigenvalue weighted by Crippen LogP contribution is -2.14. The number of rotatable bonds is 6. The summed E-state index contributed by atoms with van der Waals surface area (Å²) in [4.78, 5) is 13.5. The molecule has 3 N–H and O–H groups in total. The molecule has 0 saturated heterocycles. The predicted octanol–water partition coefficient (Wildman–Crippen LogP) is 4.50. The van der Waals surface area contributed by atoms with Crippen LogP contribution in [-0.4, -0.2) is 37.8 Å². The average molecular weight is 420 g/mol. The first-order valence-electron chi connectivity index (χ1n) is 9.99. The number of benzene rings is 1. The number of halogens is 3. The fourth-order valence-electron chi connectivity index (χ4n) is 3.77. The van der Waals surface area contributed by atoms with Gasteiger partial charge < -0.3 is 20.3 Å². The lowest BCUT2D eigenvalue weighted by molar-refractivity contribution is -0.137. The van der Waals surface area contributed by atoms with Crippen LogP contribution in [0.25, 0.3) is 11.2 Å². The summed E-state index contributed by atoms with van der Waals surface area (Å²) < 4.78 is 40.4. The average Bonchev–Trinajstić information content (AvgIpc) is 3.16. The Morgan fingerprint density at radius 1 is 1.07 bits per heavy atom. The van der Waals surface area contributed by atoms with Crippen molar-refractivity contribution in [1.29, 1.82) is 0 Å². The summed E-state index contributed by atoms with van der Waals surface area (Å²) in [6.07, 6.45) is 3.02. The molecule has 1 aromatic carbocycles. The summed E-state index contributed by atoms with van der Waals surface area (Å²) in [6.45, 7) is 0.221. The second-order valence-corrected chi connectivity index (χ2v) is 7.36. The minimum absolute atomic E-state index is 0.0729. The van der Waals surface area contributed by atoms with Gasteiger partial charge in [0.1, 0.15) is 0 Å². The topological polar surface area (TPSA) is 87.9 Å². The van der Waals surface area contributed by atoms with Crippen LogP contribution < -0.4 is 10.6 Å². The van der Waals surface area contributed by atoms with Crippen molar-refractivity contribution in [3.05, 3.63) is 36.2 Å². The number of hydrogen-bond donors (Lipinski definition) is 3. The van der Waals surface area contributed by atoms with Gasteiger partial charge in [-0.3, -0.25) is 0 Å². The van der Waals surface area contributed by atoms with Crippen molar-refractivity contribution >= 4 is 28.6 Å². The van der Waals surface area contributed by atoms with E-state index < -0.39 is 11.7 Å². The summed E-state index contributed by atoms with van der Waals surface area (Å²) in [5, 5.41) is 15.2. The molecule has 0 aliphatic heterocycles. The predicted molar refractivity (Wildman–Crippen MR) is 108 cm³/mol. The Kier molecular flexibility index (Phi) is 5.76. The summed E-state index contributed by atoms with van der Waals surface area (Å²) in [5.74, 6) is 0.721. The number of anilines is 3. The van der Waals surface area contributed by atoms with Crippen LogP contribution in [0, 0.1) is 0 Å². The molecule has 0 radical (unpaired) electrons. The number of fused-ring (bicyclic) bond motifs is 1. The normalized spacial score (nSPS) is 15.5. The first-order chi connectivity index (χ1) is 14.5. The highest BCUT2D eigenvalue weighted by Crippen LogP contribution is 2.33. The van der Waals surface area contributed by atoms with Gasteiger partial charge >= 0.3 is 6.18 Å². The van der Waals surface area contributed by atoms with E-state index in [0.717, 1.165) is 37.8 Å². The highest BCUT2D eigenvalue weighted by molar-refractivity contribution is 5.84. The number of hydrogen-bond acceptors (Lipinski definition) is 6. The zero-order chi connectivity index (χ0) is 21.1. The Labute approximate surface area is 171 Å². The van der Waals surface area contributed by atoms with Crippen LogP contribution in [0.4, 0.5) is 30.6 Å². The minimum atomic E-state index is -4.39. The Morgan fingerprint density at radius 3 is 2.47 bits per heavy atom. The molecular formula is C20H23F3N6O. The smallest absolute Gasteiger partial charge is 0.395 e. The van der Waals surface area contributed by atoms with Crippen LogP contribution >= 0.6 is 0 Å². The van der Waals surface area contributed by atoms with E-state index in [4.69, 9.17) is 5.11 Å². The zero-order valence-corrected chi connectivity index (χ0v) is 16.3. The van der Waals surface area contributed by atoms with Crippen molar-refractivity contribution in [3.63, 3.8) is 0 Å². The highest BCUT2D eigenvalue weighted by atomic mass is 19.4. The fourth-order valence-corrected chi connectivity index (χ4v) is 3.77. The number of aromatic nitrogens is 4. The van der Waals surface area contributed by atoms with E-state index in [2.05, 4.69) is 30.2 Å². The quantitative estimate of drug-likeness (QED) is 0.544. The van der Waals surface area contributed by atoms with Crippen molar-refractivity contribution < 1.29 is 18.3 Å². The third kappa shape index (κ3) is 4.33. The molecular weight excluding hydrogens is 397 g/mol. The molecule has 4 rings (SSSR count). The van der Waals surface area contributed by atoms with Gasteiger partial charge in [0, 0.05) is 18.3 Å². The first kappa shape index (κ1) is 20.4. The van der Waals surface area contributed by atoms with Gasteiger partial charge in [0.2, 0.25) is 5.95 Å². The molecule has 7 nitrogen and oxygen atoms in total. The number of imidazole rings is 1. The summed E-state index contributed by atoms with van der Waals surface area (Å²) in [7, 11) is 0. The van der Waals surface area contributed by atoms with E-state index in [0.29, 0.717) is 35.3 Å². The third-order valence-electron chi connectivity index (χ3n) is 5.26. The molecule has 1 aliphatic carbocycles. The second kappa shape index (κ2) is 8.47. The Balaban J connectivity index is 1.68. The van der Waals surface area contributed by atoms with Crippen molar-refractivity contribution in [1.82, 2.24) is 19.5 Å². The van der Waals surface area contributed by atoms with Crippen LogP contribution in [0.2, 0.25) is 0 Å². The van der Waals surface area contributed by atoms with Crippen LogP contribution in [0.15, 0.2) is 30.6 Å². The summed E-state index contributed by atoms with van der Waals surface area (Å²) >= 11 is 0. The van der Waals surface area contributed by atoms with Gasteiger partial charge in [-0.15, -0.1) is 0 Å². The molecule has 1 saturated carbocycles. The van der Waals surface area contributed by atoms with E-state index in [1.807, 2.05) is 0 Å². The minimum Gasteiger partial charge on any atom is -0.395 e. The fraction of sp³-hybridized carbons (Fsp3) is 0.450. The van der Waals surface area contributed by atoms with Gasteiger partial charge in [0.15, 0.2) is 17.0 Å². The maximum atomic E-state index is 12.8. The number of nitrogens with one attached hydrogen (secondary N) is 2. The number of aliphatic hydroxyl groups is 1. The summed E-state index contributed by atoms with van der Waals surface area (Å²) in [6, 6.07) is 5.02. The monoisotopic (exact) mass is 420 g/mol. The number of alkyl halides is 3. The molecule has 0 atom stereocenters. The molecule has 1 aliphatic rings. The molecule has 0 bridgehead atoms. The van der Waals surface area contributed by atoms with Gasteiger partial charge in [-0.2, -0.15) is 23.1 Å². The standard InChI is InChI=1S/C20H23F3N6O/c21-20(22,23)13-6-8-14(9-7-13)26-19-27-17(24-10-11-30)16-18(28-19)29(12-25-16)15-4-2-1-3-5-15/h6-9,12,15,30H,1-5,10-11H2,(H2,24,26,27,28). The van der Waals surface area contributed by atoms with Crippen molar-refractivity contribution in [2.45, 2.75) is 44.3 Å². The van der Waals surface area contributed by atoms with E-state index >= 15 is 0 Å². The SMILES string of the molecule is OCCNc1nc(Nc2ccc(C(F)(F)F)cc2)nc2c1ncn2C1CCCCC1. The van der Waals surface area contributed by atoms with Crippen LogP contribution in [0.1, 0.15) is 43.7 Å². The van der Waals surface area contributed by atoms with Crippen LogP contribution in [0.5, 0.6) is 0 Å². The molecule has 3 aromatic rings. The van der Waals surface area contributed by atoms with Crippen molar-refractivity contribution in [2.75, 3.05) is 23.8 Å². The summed E-state index contributed by atoms with van der Waals surface area (Å²) in [5.41, 5.74) is 0.989. The van der Waals surface area contributed by atoms with Gasteiger partial charge in [-0.1, -0.05) is 19.3 Å². The number of aliphatic hydroxyl groups excluding tert-OH is 1. The van der Waals surface area contributed by atoms with E-state index in [1.54, 1.807) is 6.33 Å². The first-order valence-corrected chi connectivity index (χ1v) is 9.99. The Bertz CT molecular complexity index is 996. The van der Waals surface area contributed by atoms with Gasteiger partial charge in [0.25, 0.3) is 0 Å². The van der Waals surface area contributed by atoms with Crippen LogP contribution in [0.3, 0.4) is 0 Å².